The molecule has 0 N–H and O–H groups in total. The highest BCUT2D eigenvalue weighted by molar-refractivity contribution is 7.12. The molecule has 0 atom stereocenters. The highest BCUT2D eigenvalue weighted by Gasteiger charge is 2.16. The first-order valence-electron chi connectivity index (χ1n) is 5.54. The molecule has 1 aromatic heterocycles. The van der Waals surface area contributed by atoms with Crippen LogP contribution in [-0.4, -0.2) is 23.9 Å². The molecule has 1 rings (SSSR count). The molecular formula is C12H19NOS. The molecule has 0 aliphatic heterocycles. The Morgan fingerprint density at radius 1 is 1.33 bits per heavy atom. The number of carbonyl (C=O) groups excluding carboxylic acids is 1. The van der Waals surface area contributed by atoms with Gasteiger partial charge in [0.2, 0.25) is 0 Å². The zero-order valence-electron chi connectivity index (χ0n) is 9.75. The Hall–Kier alpha value is -0.830. The Labute approximate surface area is 95.9 Å². The average molecular weight is 225 g/mol. The molecule has 0 aliphatic carbocycles. The van der Waals surface area contributed by atoms with Gasteiger partial charge < -0.3 is 4.90 Å². The smallest absolute Gasteiger partial charge is 0.264 e. The van der Waals surface area contributed by atoms with Crippen LogP contribution in [0.2, 0.25) is 0 Å². The normalized spacial score (nSPS) is 10.3. The van der Waals surface area contributed by atoms with E-state index in [2.05, 4.69) is 13.8 Å². The molecule has 0 radical (unpaired) electrons. The van der Waals surface area contributed by atoms with Crippen LogP contribution < -0.4 is 0 Å². The molecule has 0 aliphatic rings. The van der Waals surface area contributed by atoms with Gasteiger partial charge in [0.05, 0.1) is 4.88 Å². The maximum Gasteiger partial charge on any atom is 0.264 e. The summed E-state index contributed by atoms with van der Waals surface area (Å²) in [5.41, 5.74) is 1.10. The molecule has 84 valence electrons. The topological polar surface area (TPSA) is 20.3 Å². The van der Waals surface area contributed by atoms with Crippen molar-refractivity contribution in [1.29, 1.82) is 0 Å². The number of hydrogen-bond acceptors (Lipinski definition) is 2. The molecule has 1 heterocycles. The van der Waals surface area contributed by atoms with Gasteiger partial charge in [0.1, 0.15) is 0 Å². The third-order valence-corrected chi connectivity index (χ3v) is 3.34. The van der Waals surface area contributed by atoms with E-state index >= 15 is 0 Å². The van der Waals surface area contributed by atoms with Crippen LogP contribution in [0.1, 0.15) is 41.9 Å². The molecule has 0 unspecified atom stereocenters. The van der Waals surface area contributed by atoms with Crippen molar-refractivity contribution in [2.24, 2.45) is 0 Å². The highest BCUT2D eigenvalue weighted by atomic mass is 32.1. The molecule has 0 saturated heterocycles. The first-order chi connectivity index (χ1) is 7.20. The molecule has 0 bridgehead atoms. The van der Waals surface area contributed by atoms with Gasteiger partial charge in [-0.2, -0.15) is 0 Å². The van der Waals surface area contributed by atoms with Gasteiger partial charge in [-0.15, -0.1) is 11.3 Å². The fraction of sp³-hybridized carbons (Fsp3) is 0.583. The molecule has 0 fully saturated rings. The van der Waals surface area contributed by atoms with Crippen molar-refractivity contribution in [1.82, 2.24) is 4.90 Å². The fourth-order valence-corrected chi connectivity index (χ4v) is 2.48. The summed E-state index contributed by atoms with van der Waals surface area (Å²) in [5.74, 6) is 0.200. The SMILES string of the molecule is CCCN(CCC)C(=O)c1sccc1C. The summed E-state index contributed by atoms with van der Waals surface area (Å²) in [6.45, 7) is 7.95. The maximum atomic E-state index is 12.1. The second-order valence-electron chi connectivity index (χ2n) is 3.72. The first kappa shape index (κ1) is 12.2. The summed E-state index contributed by atoms with van der Waals surface area (Å²) in [7, 11) is 0. The summed E-state index contributed by atoms with van der Waals surface area (Å²) in [4.78, 5) is 15.0. The second-order valence-corrected chi connectivity index (χ2v) is 4.64. The van der Waals surface area contributed by atoms with Crippen molar-refractivity contribution in [3.63, 3.8) is 0 Å². The molecule has 0 spiro atoms. The lowest BCUT2D eigenvalue weighted by molar-refractivity contribution is 0.0760. The number of carbonyl (C=O) groups is 1. The predicted octanol–water partition coefficient (Wildman–Crippen LogP) is 3.32. The molecule has 0 aromatic carbocycles. The van der Waals surface area contributed by atoms with E-state index in [1.165, 1.54) is 0 Å². The van der Waals surface area contributed by atoms with Gasteiger partial charge in [-0.1, -0.05) is 13.8 Å². The average Bonchev–Trinajstić information content (AvgIpc) is 2.63. The summed E-state index contributed by atoms with van der Waals surface area (Å²) >= 11 is 1.55. The largest absolute Gasteiger partial charge is 0.338 e. The van der Waals surface area contributed by atoms with E-state index in [1.807, 2.05) is 23.3 Å². The lowest BCUT2D eigenvalue weighted by atomic mass is 10.2. The lowest BCUT2D eigenvalue weighted by Gasteiger charge is -2.21. The van der Waals surface area contributed by atoms with E-state index < -0.39 is 0 Å². The Morgan fingerprint density at radius 2 is 1.93 bits per heavy atom. The fourth-order valence-electron chi connectivity index (χ4n) is 1.59. The van der Waals surface area contributed by atoms with Gasteiger partial charge >= 0.3 is 0 Å². The highest BCUT2D eigenvalue weighted by Crippen LogP contribution is 2.18. The number of thiophene rings is 1. The quantitative estimate of drug-likeness (QED) is 0.752. The van der Waals surface area contributed by atoms with Crippen LogP contribution in [0.15, 0.2) is 11.4 Å². The molecule has 3 heteroatoms. The van der Waals surface area contributed by atoms with Crippen LogP contribution in [0.25, 0.3) is 0 Å². The summed E-state index contributed by atoms with van der Waals surface area (Å²) < 4.78 is 0. The van der Waals surface area contributed by atoms with Gasteiger partial charge in [0.15, 0.2) is 0 Å². The first-order valence-corrected chi connectivity index (χ1v) is 6.42. The monoisotopic (exact) mass is 225 g/mol. The van der Waals surface area contributed by atoms with Gasteiger partial charge in [-0.05, 0) is 36.8 Å². The lowest BCUT2D eigenvalue weighted by Crippen LogP contribution is -2.32. The van der Waals surface area contributed by atoms with Crippen molar-refractivity contribution >= 4 is 17.2 Å². The van der Waals surface area contributed by atoms with E-state index in [4.69, 9.17) is 0 Å². The zero-order valence-corrected chi connectivity index (χ0v) is 10.6. The van der Waals surface area contributed by atoms with Crippen LogP contribution in [0, 0.1) is 6.92 Å². The van der Waals surface area contributed by atoms with E-state index in [1.54, 1.807) is 11.3 Å². The van der Waals surface area contributed by atoms with E-state index in [0.717, 1.165) is 36.4 Å². The van der Waals surface area contributed by atoms with Gasteiger partial charge in [-0.3, -0.25) is 4.79 Å². The molecule has 1 aromatic rings. The van der Waals surface area contributed by atoms with E-state index in [-0.39, 0.29) is 5.91 Å². The number of aryl methyl sites for hydroxylation is 1. The van der Waals surface area contributed by atoms with Crippen LogP contribution in [0.3, 0.4) is 0 Å². The molecule has 1 amide bonds. The number of hydrogen-bond donors (Lipinski definition) is 0. The standard InChI is InChI=1S/C12H19NOS/c1-4-7-13(8-5-2)12(14)11-10(3)6-9-15-11/h6,9H,4-5,7-8H2,1-3H3. The van der Waals surface area contributed by atoms with Crippen molar-refractivity contribution in [3.05, 3.63) is 21.9 Å². The molecule has 2 nitrogen and oxygen atoms in total. The third-order valence-electron chi connectivity index (χ3n) is 2.33. The Morgan fingerprint density at radius 3 is 2.33 bits per heavy atom. The zero-order chi connectivity index (χ0) is 11.3. The number of nitrogens with zero attached hydrogens (tertiary/aromatic N) is 1. The molecule has 0 saturated carbocycles. The van der Waals surface area contributed by atoms with Crippen LogP contribution in [0.4, 0.5) is 0 Å². The van der Waals surface area contributed by atoms with E-state index in [9.17, 15) is 4.79 Å². The molecular weight excluding hydrogens is 206 g/mol. The summed E-state index contributed by atoms with van der Waals surface area (Å²) in [6.07, 6.45) is 2.05. The van der Waals surface area contributed by atoms with Crippen molar-refractivity contribution in [2.45, 2.75) is 33.6 Å². The second kappa shape index (κ2) is 5.91. The van der Waals surface area contributed by atoms with Crippen molar-refractivity contribution < 1.29 is 4.79 Å². The third kappa shape index (κ3) is 3.06. The van der Waals surface area contributed by atoms with Crippen LogP contribution >= 0.6 is 11.3 Å². The minimum atomic E-state index is 0.200. The van der Waals surface area contributed by atoms with Gasteiger partial charge in [-0.25, -0.2) is 0 Å². The minimum Gasteiger partial charge on any atom is -0.338 e. The van der Waals surface area contributed by atoms with Gasteiger partial charge in [0.25, 0.3) is 5.91 Å². The summed E-state index contributed by atoms with van der Waals surface area (Å²) in [5, 5.41) is 1.98. The van der Waals surface area contributed by atoms with E-state index in [0.29, 0.717) is 0 Å². The Balaban J connectivity index is 2.76. The van der Waals surface area contributed by atoms with Crippen molar-refractivity contribution in [2.75, 3.05) is 13.1 Å². The number of rotatable bonds is 5. The van der Waals surface area contributed by atoms with Gasteiger partial charge in [0, 0.05) is 13.1 Å². The van der Waals surface area contributed by atoms with Crippen LogP contribution in [0.5, 0.6) is 0 Å². The molecule has 15 heavy (non-hydrogen) atoms. The maximum absolute atomic E-state index is 12.1. The minimum absolute atomic E-state index is 0.200. The Kier molecular flexibility index (Phi) is 4.82. The van der Waals surface area contributed by atoms with Crippen LogP contribution in [-0.2, 0) is 0 Å². The summed E-state index contributed by atoms with van der Waals surface area (Å²) in [6, 6.07) is 2.01. The van der Waals surface area contributed by atoms with Crippen molar-refractivity contribution in [3.8, 4) is 0 Å². The number of amides is 1. The Bertz CT molecular complexity index is 313. The predicted molar refractivity (Wildman–Crippen MR) is 65.5 cm³/mol.